The Bertz CT molecular complexity index is 677. The molecule has 0 saturated heterocycles. The van der Waals surface area contributed by atoms with E-state index in [0.717, 1.165) is 4.88 Å². The molecule has 0 bridgehead atoms. The van der Waals surface area contributed by atoms with Crippen LogP contribution in [0.15, 0.2) is 46.7 Å². The summed E-state index contributed by atoms with van der Waals surface area (Å²) in [6.07, 6.45) is 0. The van der Waals surface area contributed by atoms with Crippen molar-refractivity contribution in [2.75, 3.05) is 5.32 Å². The third kappa shape index (κ3) is 3.89. The van der Waals surface area contributed by atoms with Gasteiger partial charge in [-0.15, -0.1) is 11.3 Å². The first-order valence-electron chi connectivity index (χ1n) is 5.87. The van der Waals surface area contributed by atoms with Gasteiger partial charge in [-0.2, -0.15) is 0 Å². The number of thiophene rings is 1. The van der Waals surface area contributed by atoms with Gasteiger partial charge in [0.25, 0.3) is 0 Å². The SMILES string of the molecule is CC(=O)Nc1ccc(S(=O)(=O)NCc2cccs2)cc1. The van der Waals surface area contributed by atoms with Gasteiger partial charge in [0.1, 0.15) is 0 Å². The highest BCUT2D eigenvalue weighted by Gasteiger charge is 2.13. The first-order valence-corrected chi connectivity index (χ1v) is 8.23. The molecule has 20 heavy (non-hydrogen) atoms. The number of carbonyl (C=O) groups is 1. The standard InChI is InChI=1S/C13H14N2O3S2/c1-10(16)15-11-4-6-13(7-5-11)20(17,18)14-9-12-3-2-8-19-12/h2-8,14H,9H2,1H3,(H,15,16). The van der Waals surface area contributed by atoms with E-state index in [1.807, 2.05) is 17.5 Å². The summed E-state index contributed by atoms with van der Waals surface area (Å²) in [5.41, 5.74) is 0.565. The Morgan fingerprint density at radius 2 is 1.90 bits per heavy atom. The fourth-order valence-corrected chi connectivity index (χ4v) is 3.33. The first kappa shape index (κ1) is 14.7. The van der Waals surface area contributed by atoms with Crippen molar-refractivity contribution in [1.82, 2.24) is 4.72 Å². The van der Waals surface area contributed by atoms with Gasteiger partial charge < -0.3 is 5.32 Å². The Labute approximate surface area is 121 Å². The quantitative estimate of drug-likeness (QED) is 0.889. The summed E-state index contributed by atoms with van der Waals surface area (Å²) in [4.78, 5) is 12.0. The molecule has 0 unspecified atom stereocenters. The molecule has 2 aromatic rings. The smallest absolute Gasteiger partial charge is 0.240 e. The number of hydrogen-bond donors (Lipinski definition) is 2. The van der Waals surface area contributed by atoms with Crippen molar-refractivity contribution >= 4 is 33.0 Å². The van der Waals surface area contributed by atoms with E-state index < -0.39 is 10.0 Å². The average Bonchev–Trinajstić information content (AvgIpc) is 2.89. The summed E-state index contributed by atoms with van der Waals surface area (Å²) in [5, 5.41) is 4.48. The second-order valence-electron chi connectivity index (χ2n) is 4.11. The minimum Gasteiger partial charge on any atom is -0.326 e. The van der Waals surface area contributed by atoms with Gasteiger partial charge in [-0.1, -0.05) is 6.07 Å². The highest BCUT2D eigenvalue weighted by molar-refractivity contribution is 7.89. The largest absolute Gasteiger partial charge is 0.326 e. The third-order valence-corrected chi connectivity index (χ3v) is 4.80. The summed E-state index contributed by atoms with van der Waals surface area (Å²) < 4.78 is 26.7. The third-order valence-electron chi connectivity index (χ3n) is 2.50. The maximum Gasteiger partial charge on any atom is 0.240 e. The number of carbonyl (C=O) groups excluding carboxylic acids is 1. The van der Waals surface area contributed by atoms with Crippen molar-refractivity contribution < 1.29 is 13.2 Å². The maximum absolute atomic E-state index is 12.1. The van der Waals surface area contributed by atoms with Crippen LogP contribution in [0.1, 0.15) is 11.8 Å². The Hall–Kier alpha value is -1.70. The molecule has 1 aromatic heterocycles. The second kappa shape index (κ2) is 6.17. The van der Waals surface area contributed by atoms with Gasteiger partial charge in [0.05, 0.1) is 4.90 Å². The van der Waals surface area contributed by atoms with E-state index in [1.54, 1.807) is 12.1 Å². The van der Waals surface area contributed by atoms with Crippen molar-refractivity contribution in [3.05, 3.63) is 46.7 Å². The molecule has 2 N–H and O–H groups in total. The molecular formula is C13H14N2O3S2. The van der Waals surface area contributed by atoms with Crippen molar-refractivity contribution in [3.63, 3.8) is 0 Å². The molecular weight excluding hydrogens is 296 g/mol. The fourth-order valence-electron chi connectivity index (χ4n) is 1.58. The molecule has 0 radical (unpaired) electrons. The van der Waals surface area contributed by atoms with Gasteiger partial charge >= 0.3 is 0 Å². The van der Waals surface area contributed by atoms with Crippen LogP contribution in [0.2, 0.25) is 0 Å². The van der Waals surface area contributed by atoms with Crippen LogP contribution < -0.4 is 10.0 Å². The van der Waals surface area contributed by atoms with Crippen LogP contribution in [0, 0.1) is 0 Å². The van der Waals surface area contributed by atoms with Crippen LogP contribution in [-0.4, -0.2) is 14.3 Å². The van der Waals surface area contributed by atoms with Gasteiger partial charge in [-0.25, -0.2) is 13.1 Å². The molecule has 0 saturated carbocycles. The van der Waals surface area contributed by atoms with Gasteiger partial charge in [0.15, 0.2) is 0 Å². The lowest BCUT2D eigenvalue weighted by molar-refractivity contribution is -0.114. The number of amides is 1. The van der Waals surface area contributed by atoms with Crippen LogP contribution in [0.4, 0.5) is 5.69 Å². The van der Waals surface area contributed by atoms with Gasteiger partial charge in [0.2, 0.25) is 15.9 Å². The van der Waals surface area contributed by atoms with E-state index in [1.165, 1.54) is 30.4 Å². The predicted molar refractivity (Wildman–Crippen MR) is 79.1 cm³/mol. The van der Waals surface area contributed by atoms with E-state index in [0.29, 0.717) is 5.69 Å². The Morgan fingerprint density at radius 1 is 1.20 bits per heavy atom. The number of benzene rings is 1. The van der Waals surface area contributed by atoms with Gasteiger partial charge in [0, 0.05) is 24.0 Å². The molecule has 0 aliphatic heterocycles. The molecule has 106 valence electrons. The zero-order valence-electron chi connectivity index (χ0n) is 10.8. The minimum atomic E-state index is -3.54. The van der Waals surface area contributed by atoms with Crippen molar-refractivity contribution in [2.24, 2.45) is 0 Å². The summed E-state index contributed by atoms with van der Waals surface area (Å²) in [7, 11) is -3.54. The van der Waals surface area contributed by atoms with Gasteiger partial charge in [-0.3, -0.25) is 4.79 Å². The lowest BCUT2D eigenvalue weighted by Gasteiger charge is -2.07. The molecule has 1 heterocycles. The summed E-state index contributed by atoms with van der Waals surface area (Å²) >= 11 is 1.49. The average molecular weight is 310 g/mol. The summed E-state index contributed by atoms with van der Waals surface area (Å²) in [6.45, 7) is 1.67. The van der Waals surface area contributed by atoms with Gasteiger partial charge in [-0.05, 0) is 35.7 Å². The predicted octanol–water partition coefficient (Wildman–Crippen LogP) is 2.19. The lowest BCUT2D eigenvalue weighted by Crippen LogP contribution is -2.22. The van der Waals surface area contributed by atoms with E-state index in [2.05, 4.69) is 10.0 Å². The maximum atomic E-state index is 12.1. The zero-order chi connectivity index (χ0) is 14.6. The van der Waals surface area contributed by atoms with E-state index in [4.69, 9.17) is 0 Å². The van der Waals surface area contributed by atoms with Crippen molar-refractivity contribution in [1.29, 1.82) is 0 Å². The van der Waals surface area contributed by atoms with Crippen LogP contribution in [-0.2, 0) is 21.4 Å². The number of anilines is 1. The summed E-state index contributed by atoms with van der Waals surface area (Å²) in [6, 6.07) is 9.77. The molecule has 0 fully saturated rings. The monoisotopic (exact) mass is 310 g/mol. The highest BCUT2D eigenvalue weighted by Crippen LogP contribution is 2.15. The van der Waals surface area contributed by atoms with Crippen LogP contribution in [0.25, 0.3) is 0 Å². The topological polar surface area (TPSA) is 75.3 Å². The molecule has 0 spiro atoms. The molecule has 2 rings (SSSR count). The Balaban J connectivity index is 2.07. The fraction of sp³-hybridized carbons (Fsp3) is 0.154. The van der Waals surface area contributed by atoms with E-state index in [-0.39, 0.29) is 17.3 Å². The molecule has 0 atom stereocenters. The molecule has 1 aromatic carbocycles. The zero-order valence-corrected chi connectivity index (χ0v) is 12.4. The van der Waals surface area contributed by atoms with Crippen LogP contribution >= 0.6 is 11.3 Å². The molecule has 0 aliphatic carbocycles. The Morgan fingerprint density at radius 3 is 2.45 bits per heavy atom. The molecule has 7 heteroatoms. The minimum absolute atomic E-state index is 0.170. The number of hydrogen-bond acceptors (Lipinski definition) is 4. The molecule has 1 amide bonds. The molecule has 0 aliphatic rings. The lowest BCUT2D eigenvalue weighted by atomic mass is 10.3. The summed E-state index contributed by atoms with van der Waals surface area (Å²) in [5.74, 6) is -0.198. The first-order chi connectivity index (χ1) is 9.47. The van der Waals surface area contributed by atoms with Crippen LogP contribution in [0.5, 0.6) is 0 Å². The highest BCUT2D eigenvalue weighted by atomic mass is 32.2. The Kier molecular flexibility index (Phi) is 4.53. The van der Waals surface area contributed by atoms with E-state index >= 15 is 0 Å². The number of nitrogens with one attached hydrogen (secondary N) is 2. The number of rotatable bonds is 5. The molecule has 5 nitrogen and oxygen atoms in total. The normalized spacial score (nSPS) is 11.2. The van der Waals surface area contributed by atoms with Crippen LogP contribution in [0.3, 0.4) is 0 Å². The van der Waals surface area contributed by atoms with Crippen molar-refractivity contribution in [2.45, 2.75) is 18.4 Å². The second-order valence-corrected chi connectivity index (χ2v) is 6.91. The van der Waals surface area contributed by atoms with E-state index in [9.17, 15) is 13.2 Å². The van der Waals surface area contributed by atoms with Crippen molar-refractivity contribution in [3.8, 4) is 0 Å². The number of sulfonamides is 1.